The summed E-state index contributed by atoms with van der Waals surface area (Å²) < 4.78 is 0. The fraction of sp³-hybridized carbons (Fsp3) is 1.00. The van der Waals surface area contributed by atoms with Crippen LogP contribution < -0.4 is 0 Å². The fourth-order valence-corrected chi connectivity index (χ4v) is 0.529. The predicted molar refractivity (Wildman–Crippen MR) is 35.2 cm³/mol. The summed E-state index contributed by atoms with van der Waals surface area (Å²) in [6, 6.07) is 0. The smallest absolute Gasteiger partial charge is 0.0811 e. The van der Waals surface area contributed by atoms with E-state index in [1.807, 2.05) is 0 Å². The molecule has 0 aromatic heterocycles. The molecular formula is C5H10N2O2. The number of hydrogen-bond donors (Lipinski definition) is 0. The maximum absolute atomic E-state index is 9.50. The minimum Gasteiger partial charge on any atom is -0.151 e. The van der Waals surface area contributed by atoms with Crippen LogP contribution in [0.15, 0.2) is 10.4 Å². The average Bonchev–Trinajstić information content (AvgIpc) is 1.89. The zero-order valence-corrected chi connectivity index (χ0v) is 5.25. The summed E-state index contributed by atoms with van der Waals surface area (Å²) in [6.07, 6.45) is 2.43. The van der Waals surface area contributed by atoms with E-state index in [-0.39, 0.29) is 0 Å². The Morgan fingerprint density at radius 3 is 1.56 bits per heavy atom. The molecular weight excluding hydrogens is 120 g/mol. The molecule has 0 amide bonds. The van der Waals surface area contributed by atoms with Gasteiger partial charge in [0.1, 0.15) is 0 Å². The van der Waals surface area contributed by atoms with Gasteiger partial charge in [-0.05, 0) is 19.3 Å². The summed E-state index contributed by atoms with van der Waals surface area (Å²) in [7, 11) is 0. The van der Waals surface area contributed by atoms with Crippen LogP contribution in [0.5, 0.6) is 0 Å². The molecule has 0 atom stereocenters. The second-order valence-electron chi connectivity index (χ2n) is 1.77. The molecule has 0 unspecified atom stereocenters. The van der Waals surface area contributed by atoms with Crippen molar-refractivity contribution in [1.82, 2.24) is 0 Å². The van der Waals surface area contributed by atoms with Gasteiger partial charge in [0.2, 0.25) is 0 Å². The maximum Gasteiger partial charge on any atom is 0.0811 e. The zero-order chi connectivity index (χ0) is 6.95. The van der Waals surface area contributed by atoms with Gasteiger partial charge in [-0.1, -0.05) is 10.4 Å². The molecule has 0 aliphatic heterocycles. The van der Waals surface area contributed by atoms with Crippen molar-refractivity contribution in [3.05, 3.63) is 9.81 Å². The van der Waals surface area contributed by atoms with E-state index >= 15 is 0 Å². The van der Waals surface area contributed by atoms with Crippen molar-refractivity contribution < 1.29 is 0 Å². The van der Waals surface area contributed by atoms with E-state index in [9.17, 15) is 9.81 Å². The van der Waals surface area contributed by atoms with Crippen LogP contribution >= 0.6 is 0 Å². The highest BCUT2D eigenvalue weighted by molar-refractivity contribution is 4.46. The Kier molecular flexibility index (Phi) is 6.56. The molecule has 0 aliphatic rings. The topological polar surface area (TPSA) is 58.9 Å². The Labute approximate surface area is 53.6 Å². The highest BCUT2D eigenvalue weighted by Crippen LogP contribution is 1.94. The molecule has 0 N–H and O–H groups in total. The van der Waals surface area contributed by atoms with Crippen LogP contribution in [0.2, 0.25) is 0 Å². The molecule has 0 spiro atoms. The summed E-state index contributed by atoms with van der Waals surface area (Å²) in [5.41, 5.74) is 0. The van der Waals surface area contributed by atoms with Crippen molar-refractivity contribution >= 4 is 0 Å². The second kappa shape index (κ2) is 7.20. The molecule has 4 nitrogen and oxygen atoms in total. The van der Waals surface area contributed by atoms with Crippen molar-refractivity contribution in [3.8, 4) is 0 Å². The molecule has 0 aliphatic carbocycles. The zero-order valence-electron chi connectivity index (χ0n) is 5.25. The first-order valence-corrected chi connectivity index (χ1v) is 3.00. The largest absolute Gasteiger partial charge is 0.151 e. The highest BCUT2D eigenvalue weighted by Gasteiger charge is 1.87. The van der Waals surface area contributed by atoms with Crippen molar-refractivity contribution in [2.75, 3.05) is 13.1 Å². The summed E-state index contributed by atoms with van der Waals surface area (Å²) >= 11 is 0. The Bertz CT molecular complexity index is 75.0. The first kappa shape index (κ1) is 8.20. The lowest BCUT2D eigenvalue weighted by Crippen LogP contribution is -1.82. The van der Waals surface area contributed by atoms with Crippen LogP contribution in [-0.4, -0.2) is 13.1 Å². The Morgan fingerprint density at radius 2 is 1.22 bits per heavy atom. The van der Waals surface area contributed by atoms with Crippen molar-refractivity contribution in [2.24, 2.45) is 10.4 Å². The molecule has 0 heterocycles. The van der Waals surface area contributed by atoms with Crippen LogP contribution in [-0.2, 0) is 0 Å². The molecule has 0 fully saturated rings. The van der Waals surface area contributed by atoms with Gasteiger partial charge in [-0.3, -0.25) is 0 Å². The maximum atomic E-state index is 9.50. The third-order valence-electron chi connectivity index (χ3n) is 0.999. The molecule has 0 saturated carbocycles. The van der Waals surface area contributed by atoms with Gasteiger partial charge in [-0.25, -0.2) is 0 Å². The normalized spacial score (nSPS) is 8.89. The number of nitrogens with zero attached hydrogens (tertiary/aromatic N) is 2. The van der Waals surface area contributed by atoms with Crippen LogP contribution in [0, 0.1) is 9.81 Å². The quantitative estimate of drug-likeness (QED) is 0.405. The van der Waals surface area contributed by atoms with Crippen molar-refractivity contribution in [1.29, 1.82) is 0 Å². The van der Waals surface area contributed by atoms with E-state index in [1.54, 1.807) is 0 Å². The Hall–Kier alpha value is -0.800. The van der Waals surface area contributed by atoms with Crippen molar-refractivity contribution in [3.63, 3.8) is 0 Å². The van der Waals surface area contributed by atoms with Gasteiger partial charge in [0.15, 0.2) is 0 Å². The highest BCUT2D eigenvalue weighted by atomic mass is 16.3. The fourth-order valence-electron chi connectivity index (χ4n) is 0.529. The minimum atomic E-state index is 0.360. The van der Waals surface area contributed by atoms with Gasteiger partial charge >= 0.3 is 0 Å². The van der Waals surface area contributed by atoms with E-state index < -0.39 is 0 Å². The first-order valence-electron chi connectivity index (χ1n) is 3.00. The molecule has 9 heavy (non-hydrogen) atoms. The molecule has 0 radical (unpaired) electrons. The number of unbranched alkanes of at least 4 members (excludes halogenated alkanes) is 2. The number of nitroso groups, excluding NO2 is 2. The minimum absolute atomic E-state index is 0.360. The third kappa shape index (κ3) is 7.20. The summed E-state index contributed by atoms with van der Waals surface area (Å²) in [6.45, 7) is 0.720. The third-order valence-corrected chi connectivity index (χ3v) is 0.999. The molecule has 0 bridgehead atoms. The average molecular weight is 130 g/mol. The van der Waals surface area contributed by atoms with E-state index in [2.05, 4.69) is 10.4 Å². The monoisotopic (exact) mass is 130 g/mol. The summed E-state index contributed by atoms with van der Waals surface area (Å²) in [5.74, 6) is 0. The number of hydrogen-bond acceptors (Lipinski definition) is 4. The standard InChI is InChI=1S/C5H10N2O2/c8-6-4-2-1-3-5-7-9/h1-5H2. The van der Waals surface area contributed by atoms with Gasteiger partial charge in [-0.2, -0.15) is 9.81 Å². The first-order chi connectivity index (χ1) is 4.41. The van der Waals surface area contributed by atoms with Crippen LogP contribution in [0.25, 0.3) is 0 Å². The lowest BCUT2D eigenvalue weighted by molar-refractivity contribution is 0.693. The molecule has 0 aromatic rings. The SMILES string of the molecule is O=NCCCCCN=O. The Morgan fingerprint density at radius 1 is 0.778 bits per heavy atom. The van der Waals surface area contributed by atoms with Gasteiger partial charge in [0.05, 0.1) is 13.1 Å². The predicted octanol–water partition coefficient (Wildman–Crippen LogP) is 1.69. The summed E-state index contributed by atoms with van der Waals surface area (Å²) in [5, 5.41) is 5.35. The van der Waals surface area contributed by atoms with Crippen molar-refractivity contribution in [2.45, 2.75) is 19.3 Å². The summed E-state index contributed by atoms with van der Waals surface area (Å²) in [4.78, 5) is 19.0. The van der Waals surface area contributed by atoms with E-state index in [1.165, 1.54) is 0 Å². The van der Waals surface area contributed by atoms with Crippen LogP contribution in [0.1, 0.15) is 19.3 Å². The van der Waals surface area contributed by atoms with Gasteiger partial charge in [0, 0.05) is 0 Å². The number of rotatable bonds is 6. The van der Waals surface area contributed by atoms with E-state index in [0.29, 0.717) is 13.1 Å². The molecule has 0 saturated heterocycles. The van der Waals surface area contributed by atoms with Gasteiger partial charge in [-0.15, -0.1) is 0 Å². The van der Waals surface area contributed by atoms with Crippen LogP contribution in [0.4, 0.5) is 0 Å². The molecule has 4 heteroatoms. The Balaban J connectivity index is 2.74. The van der Waals surface area contributed by atoms with Gasteiger partial charge < -0.3 is 0 Å². The van der Waals surface area contributed by atoms with E-state index in [4.69, 9.17) is 0 Å². The molecule has 0 aromatic carbocycles. The lowest BCUT2D eigenvalue weighted by Gasteiger charge is -1.88. The molecule has 52 valence electrons. The lowest BCUT2D eigenvalue weighted by atomic mass is 10.2. The second-order valence-corrected chi connectivity index (χ2v) is 1.77. The van der Waals surface area contributed by atoms with E-state index in [0.717, 1.165) is 19.3 Å². The van der Waals surface area contributed by atoms with Crippen LogP contribution in [0.3, 0.4) is 0 Å². The molecule has 0 rings (SSSR count). The van der Waals surface area contributed by atoms with Gasteiger partial charge in [0.25, 0.3) is 0 Å².